The van der Waals surface area contributed by atoms with E-state index in [4.69, 9.17) is 9.47 Å². The molecule has 0 aliphatic carbocycles. The highest BCUT2D eigenvalue weighted by Gasteiger charge is 2.32. The van der Waals surface area contributed by atoms with Crippen molar-refractivity contribution in [3.8, 4) is 0 Å². The molecule has 0 heterocycles. The number of oxime groups is 1. The third kappa shape index (κ3) is 6.95. The lowest BCUT2D eigenvalue weighted by atomic mass is 10.1. The molecule has 0 unspecified atom stereocenters. The number of alkyl halides is 2. The largest absolute Gasteiger partial charge is 0.461 e. The first kappa shape index (κ1) is 23.5. The van der Waals surface area contributed by atoms with Crippen LogP contribution in [0.3, 0.4) is 0 Å². The predicted octanol–water partition coefficient (Wildman–Crippen LogP) is 4.42. The van der Waals surface area contributed by atoms with Crippen molar-refractivity contribution >= 4 is 34.1 Å². The molecular weight excluding hydrogens is 457 g/mol. The van der Waals surface area contributed by atoms with Gasteiger partial charge in [-0.25, -0.2) is 14.0 Å². The van der Waals surface area contributed by atoms with Gasteiger partial charge < -0.3 is 14.3 Å². The van der Waals surface area contributed by atoms with E-state index in [0.29, 0.717) is 5.56 Å². The molecule has 0 bridgehead atoms. The van der Waals surface area contributed by atoms with E-state index in [-0.39, 0.29) is 12.2 Å². The molecule has 2 aromatic rings. The lowest BCUT2D eigenvalue weighted by Gasteiger charge is -2.24. The van der Waals surface area contributed by atoms with E-state index in [1.807, 2.05) is 13.8 Å². The number of esters is 2. The molecule has 0 aliphatic heterocycles. The minimum absolute atomic E-state index is 0.222. The van der Waals surface area contributed by atoms with E-state index in [2.05, 4.69) is 25.9 Å². The number of aryl methyl sites for hydroxylation is 2. The molecular formula is C22H23BrFNO5. The molecule has 0 fully saturated rings. The summed E-state index contributed by atoms with van der Waals surface area (Å²) in [6, 6.07) is 13.5. The summed E-state index contributed by atoms with van der Waals surface area (Å²) in [6.07, 6.45) is -2.21. The van der Waals surface area contributed by atoms with Crippen molar-refractivity contribution in [1.29, 1.82) is 0 Å². The number of hydrogen-bond acceptors (Lipinski definition) is 6. The first-order chi connectivity index (χ1) is 14.3. The van der Waals surface area contributed by atoms with Crippen molar-refractivity contribution in [2.24, 2.45) is 5.16 Å². The molecule has 2 rings (SSSR count). The van der Waals surface area contributed by atoms with Crippen molar-refractivity contribution in [3.63, 3.8) is 0 Å². The van der Waals surface area contributed by atoms with E-state index >= 15 is 0 Å². The molecule has 160 valence electrons. The van der Waals surface area contributed by atoms with E-state index < -0.39 is 29.0 Å². The quantitative estimate of drug-likeness (QED) is 0.230. The topological polar surface area (TPSA) is 74.2 Å². The van der Waals surface area contributed by atoms with Crippen LogP contribution in [0.25, 0.3) is 0 Å². The Labute approximate surface area is 183 Å². The molecule has 3 atom stereocenters. The summed E-state index contributed by atoms with van der Waals surface area (Å²) in [5.41, 5.74) is 2.62. The first-order valence-electron chi connectivity index (χ1n) is 9.18. The van der Waals surface area contributed by atoms with Gasteiger partial charge >= 0.3 is 11.9 Å². The van der Waals surface area contributed by atoms with Gasteiger partial charge in [0.05, 0.1) is 22.2 Å². The standard InChI is InChI=1S/C22H23BrFNO5/c1-14-4-8-16(9-5-14)21(26)29-13-18(23)20(19(24)12-25-28-3)30-22(27)17-10-6-15(2)7-11-17/h4-12,18-20H,13H2,1-3H3/b25-12+/t18-,19+,20+/m0/s1. The predicted molar refractivity (Wildman–Crippen MR) is 115 cm³/mol. The number of nitrogens with zero attached hydrogens (tertiary/aromatic N) is 1. The van der Waals surface area contributed by atoms with Crippen LogP contribution in [0.5, 0.6) is 0 Å². The van der Waals surface area contributed by atoms with Crippen molar-refractivity contribution < 1.29 is 28.3 Å². The summed E-state index contributed by atoms with van der Waals surface area (Å²) in [5, 5.41) is 3.40. The van der Waals surface area contributed by atoms with Crippen LogP contribution in [0, 0.1) is 13.8 Å². The molecule has 0 spiro atoms. The Balaban J connectivity index is 2.07. The summed E-state index contributed by atoms with van der Waals surface area (Å²) in [5.74, 6) is -1.27. The fourth-order valence-electron chi connectivity index (χ4n) is 2.45. The molecule has 6 nitrogen and oxygen atoms in total. The van der Waals surface area contributed by atoms with Crippen LogP contribution in [0.1, 0.15) is 31.8 Å². The average molecular weight is 480 g/mol. The van der Waals surface area contributed by atoms with Crippen LogP contribution >= 0.6 is 15.9 Å². The second kappa shape index (κ2) is 11.4. The number of rotatable bonds is 9. The van der Waals surface area contributed by atoms with Crippen LogP contribution < -0.4 is 0 Å². The fourth-order valence-corrected chi connectivity index (χ4v) is 2.98. The van der Waals surface area contributed by atoms with Gasteiger partial charge in [-0.15, -0.1) is 0 Å². The number of hydrogen-bond donors (Lipinski definition) is 0. The zero-order valence-corrected chi connectivity index (χ0v) is 18.5. The van der Waals surface area contributed by atoms with E-state index in [9.17, 15) is 14.0 Å². The number of carbonyl (C=O) groups is 2. The van der Waals surface area contributed by atoms with E-state index in [1.54, 1.807) is 48.5 Å². The molecule has 0 radical (unpaired) electrons. The van der Waals surface area contributed by atoms with Crippen LogP contribution in [0.15, 0.2) is 53.7 Å². The SMILES string of the molecule is CO/N=C/[C@@H](F)[C@H](OC(=O)c1ccc(C)cc1)[C@@H](Br)COC(=O)c1ccc(C)cc1. The van der Waals surface area contributed by atoms with Crippen molar-refractivity contribution in [1.82, 2.24) is 0 Å². The lowest BCUT2D eigenvalue weighted by molar-refractivity contribution is 0.00846. The molecule has 0 aromatic heterocycles. The summed E-state index contributed by atoms with van der Waals surface area (Å²) >= 11 is 3.27. The van der Waals surface area contributed by atoms with Crippen LogP contribution in [0.2, 0.25) is 0 Å². The van der Waals surface area contributed by atoms with Crippen molar-refractivity contribution in [2.45, 2.75) is 31.0 Å². The summed E-state index contributed by atoms with van der Waals surface area (Å²) in [7, 11) is 1.27. The molecule has 2 aromatic carbocycles. The maximum Gasteiger partial charge on any atom is 0.338 e. The van der Waals surface area contributed by atoms with Gasteiger partial charge in [0, 0.05) is 0 Å². The highest BCUT2D eigenvalue weighted by Crippen LogP contribution is 2.19. The minimum Gasteiger partial charge on any atom is -0.461 e. The summed E-state index contributed by atoms with van der Waals surface area (Å²) < 4.78 is 25.3. The molecule has 30 heavy (non-hydrogen) atoms. The second-order valence-corrected chi connectivity index (χ2v) is 7.77. The fraction of sp³-hybridized carbons (Fsp3) is 0.318. The van der Waals surface area contributed by atoms with Crippen LogP contribution in [0.4, 0.5) is 4.39 Å². The van der Waals surface area contributed by atoms with Gasteiger partial charge in [0.1, 0.15) is 13.7 Å². The highest BCUT2D eigenvalue weighted by molar-refractivity contribution is 9.09. The van der Waals surface area contributed by atoms with Crippen LogP contribution in [-0.4, -0.2) is 49.0 Å². The minimum atomic E-state index is -1.79. The Morgan fingerprint density at radius 1 is 1.00 bits per heavy atom. The van der Waals surface area contributed by atoms with Crippen molar-refractivity contribution in [3.05, 3.63) is 70.8 Å². The first-order valence-corrected chi connectivity index (χ1v) is 10.1. The van der Waals surface area contributed by atoms with Crippen LogP contribution in [-0.2, 0) is 14.3 Å². The van der Waals surface area contributed by atoms with Gasteiger partial charge in [-0.3, -0.25) is 0 Å². The zero-order chi connectivity index (χ0) is 22.1. The van der Waals surface area contributed by atoms with Gasteiger partial charge in [-0.05, 0) is 38.1 Å². The number of halogens is 2. The normalized spacial score (nSPS) is 14.0. The molecule has 8 heteroatoms. The smallest absolute Gasteiger partial charge is 0.338 e. The van der Waals surface area contributed by atoms with E-state index in [1.165, 1.54) is 7.11 Å². The average Bonchev–Trinajstić information content (AvgIpc) is 2.74. The number of benzene rings is 2. The maximum atomic E-state index is 14.7. The Kier molecular flexibility index (Phi) is 8.98. The van der Waals surface area contributed by atoms with Gasteiger partial charge in [0.2, 0.25) is 0 Å². The summed E-state index contributed by atoms with van der Waals surface area (Å²) in [4.78, 5) is 28.3. The number of ether oxygens (including phenoxy) is 2. The molecule has 0 saturated heterocycles. The number of carbonyl (C=O) groups excluding carboxylic acids is 2. The Hall–Kier alpha value is -2.74. The third-order valence-corrected chi connectivity index (χ3v) is 4.96. The molecule has 0 aliphatic rings. The second-order valence-electron chi connectivity index (χ2n) is 6.60. The third-order valence-electron chi connectivity index (χ3n) is 4.17. The maximum absolute atomic E-state index is 14.7. The monoisotopic (exact) mass is 479 g/mol. The molecule has 0 amide bonds. The highest BCUT2D eigenvalue weighted by atomic mass is 79.9. The Bertz CT molecular complexity index is 870. The zero-order valence-electron chi connectivity index (χ0n) is 16.9. The van der Waals surface area contributed by atoms with Crippen molar-refractivity contribution in [2.75, 3.05) is 13.7 Å². The molecule has 0 N–H and O–H groups in total. The summed E-state index contributed by atoms with van der Waals surface area (Å²) in [6.45, 7) is 3.56. The van der Waals surface area contributed by atoms with E-state index in [0.717, 1.165) is 17.3 Å². The van der Waals surface area contributed by atoms with Gasteiger partial charge in [0.25, 0.3) is 0 Å². The van der Waals surface area contributed by atoms with Gasteiger partial charge in [-0.1, -0.05) is 56.5 Å². The molecule has 0 saturated carbocycles. The van der Waals surface area contributed by atoms with Gasteiger partial charge in [-0.2, -0.15) is 0 Å². The lowest BCUT2D eigenvalue weighted by Crippen LogP contribution is -2.39. The van der Waals surface area contributed by atoms with Gasteiger partial charge in [0.15, 0.2) is 12.3 Å². The Morgan fingerprint density at radius 2 is 1.50 bits per heavy atom. The Morgan fingerprint density at radius 3 is 2.00 bits per heavy atom.